The lowest BCUT2D eigenvalue weighted by atomic mass is 9.80. The minimum absolute atomic E-state index is 0.129. The lowest BCUT2D eigenvalue weighted by molar-refractivity contribution is 0.420. The van der Waals surface area contributed by atoms with E-state index in [2.05, 4.69) is 0 Å². The van der Waals surface area contributed by atoms with E-state index in [1.165, 1.54) is 0 Å². The average molecular weight is 220 g/mol. The van der Waals surface area contributed by atoms with Gasteiger partial charge in [0.05, 0.1) is 5.02 Å². The van der Waals surface area contributed by atoms with Crippen molar-refractivity contribution in [2.75, 3.05) is 0 Å². The lowest BCUT2D eigenvalue weighted by Crippen LogP contribution is -2.30. The van der Waals surface area contributed by atoms with Gasteiger partial charge in [0.1, 0.15) is 0 Å². The highest BCUT2D eigenvalue weighted by atomic mass is 35.5. The highest BCUT2D eigenvalue weighted by Gasteiger charge is 2.19. The number of aromatic hydroxyl groups is 1. The molecule has 0 aliphatic heterocycles. The van der Waals surface area contributed by atoms with Gasteiger partial charge in [0.15, 0.2) is 11.6 Å². The third kappa shape index (κ3) is 2.87. The van der Waals surface area contributed by atoms with Crippen molar-refractivity contribution in [3.8, 4) is 5.75 Å². The number of rotatable bonds is 1. The summed E-state index contributed by atoms with van der Waals surface area (Å²) in [5.41, 5.74) is -0.129. The molecule has 0 unspecified atom stereocenters. The Labute approximate surface area is 86.9 Å². The summed E-state index contributed by atoms with van der Waals surface area (Å²) in [6, 6.07) is 1.98. The fourth-order valence-corrected chi connectivity index (χ4v) is 1.01. The maximum atomic E-state index is 12.5. The van der Waals surface area contributed by atoms with Crippen LogP contribution in [-0.4, -0.2) is 22.3 Å². The predicted octanol–water partition coefficient (Wildman–Crippen LogP) is 0.891. The Morgan fingerprint density at radius 3 is 2.21 bits per heavy atom. The van der Waals surface area contributed by atoms with Gasteiger partial charge in [-0.25, -0.2) is 4.39 Å². The zero-order valence-corrected chi connectivity index (χ0v) is 8.59. The van der Waals surface area contributed by atoms with Crippen LogP contribution in [0.15, 0.2) is 12.1 Å². The molecule has 1 rings (SSSR count). The number of hydrogen-bond donors (Lipinski definition) is 3. The van der Waals surface area contributed by atoms with E-state index < -0.39 is 18.7 Å². The molecule has 0 aliphatic carbocycles. The first-order valence-electron chi connectivity index (χ1n) is 4.07. The topological polar surface area (TPSA) is 60.7 Å². The van der Waals surface area contributed by atoms with Crippen LogP contribution in [0.5, 0.6) is 5.75 Å². The number of hydrogen-bond acceptors (Lipinski definition) is 3. The Morgan fingerprint density at radius 1 is 1.29 bits per heavy atom. The van der Waals surface area contributed by atoms with Crippen molar-refractivity contribution in [3.63, 3.8) is 0 Å². The van der Waals surface area contributed by atoms with Crippen molar-refractivity contribution < 1.29 is 19.5 Å². The first-order valence-corrected chi connectivity index (χ1v) is 4.45. The van der Waals surface area contributed by atoms with Crippen LogP contribution in [0.2, 0.25) is 5.02 Å². The zero-order chi connectivity index (χ0) is 11.3. The molecule has 0 saturated carbocycles. The molecule has 0 aromatic heterocycles. The summed E-state index contributed by atoms with van der Waals surface area (Å²) in [6.45, 7) is 4.00. The van der Waals surface area contributed by atoms with E-state index in [-0.39, 0.29) is 10.5 Å². The van der Waals surface area contributed by atoms with Gasteiger partial charge in [0, 0.05) is 5.46 Å². The Morgan fingerprint density at radius 2 is 1.79 bits per heavy atom. The smallest absolute Gasteiger partial charge is 0.490 e. The molecule has 0 spiro atoms. The van der Waals surface area contributed by atoms with Gasteiger partial charge in [-0.15, -0.1) is 0 Å². The number of halogens is 2. The van der Waals surface area contributed by atoms with E-state index in [4.69, 9.17) is 26.8 Å². The van der Waals surface area contributed by atoms with Crippen molar-refractivity contribution in [2.45, 2.75) is 13.8 Å². The number of phenolic OH excluding ortho intramolecular Hbond substituents is 1. The van der Waals surface area contributed by atoms with Gasteiger partial charge in [-0.2, -0.15) is 0 Å². The number of benzene rings is 1. The van der Waals surface area contributed by atoms with Gasteiger partial charge in [0.25, 0.3) is 0 Å². The molecule has 1 aromatic carbocycles. The molecule has 0 fully saturated rings. The second-order valence-corrected chi connectivity index (χ2v) is 2.55. The maximum absolute atomic E-state index is 12.5. The van der Waals surface area contributed by atoms with Crippen molar-refractivity contribution >= 4 is 24.2 Å². The van der Waals surface area contributed by atoms with Crippen LogP contribution in [0.25, 0.3) is 0 Å². The summed E-state index contributed by atoms with van der Waals surface area (Å²) in [6.07, 6.45) is 0. The molecule has 6 heteroatoms. The van der Waals surface area contributed by atoms with Gasteiger partial charge in [-0.05, 0) is 6.07 Å². The van der Waals surface area contributed by atoms with Gasteiger partial charge in [-0.3, -0.25) is 0 Å². The molecule has 3 N–H and O–H groups in total. The second-order valence-electron chi connectivity index (χ2n) is 2.17. The standard InChI is InChI=1S/C6H5BClFO3.C2H6/c8-5-3(7(11)12)1-2-4(9)6(5)10;1-2/h1-2,10-12H;1-2H3. The van der Waals surface area contributed by atoms with E-state index in [1.54, 1.807) is 0 Å². The minimum Gasteiger partial charge on any atom is -0.504 e. The van der Waals surface area contributed by atoms with Crippen LogP contribution in [-0.2, 0) is 0 Å². The van der Waals surface area contributed by atoms with Crippen molar-refractivity contribution in [2.24, 2.45) is 0 Å². The van der Waals surface area contributed by atoms with E-state index in [1.807, 2.05) is 13.8 Å². The largest absolute Gasteiger partial charge is 0.504 e. The molecule has 0 atom stereocenters. The van der Waals surface area contributed by atoms with Crippen molar-refractivity contribution in [1.29, 1.82) is 0 Å². The predicted molar refractivity (Wildman–Crippen MR) is 54.2 cm³/mol. The van der Waals surface area contributed by atoms with Crippen LogP contribution >= 0.6 is 11.6 Å². The van der Waals surface area contributed by atoms with Crippen molar-refractivity contribution in [3.05, 3.63) is 23.0 Å². The highest BCUT2D eigenvalue weighted by molar-refractivity contribution is 6.63. The molecule has 0 aliphatic rings. The Bertz CT molecular complexity index is 307. The normalized spacial score (nSPS) is 9.00. The number of phenols is 1. The third-order valence-corrected chi connectivity index (χ3v) is 1.77. The summed E-state index contributed by atoms with van der Waals surface area (Å²) in [4.78, 5) is 0. The fraction of sp³-hybridized carbons (Fsp3) is 0.250. The lowest BCUT2D eigenvalue weighted by Gasteiger charge is -2.04. The minimum atomic E-state index is -1.82. The molecule has 1 aromatic rings. The van der Waals surface area contributed by atoms with Gasteiger partial charge in [0.2, 0.25) is 0 Å². The van der Waals surface area contributed by atoms with E-state index in [0.29, 0.717) is 0 Å². The van der Waals surface area contributed by atoms with Gasteiger partial charge >= 0.3 is 7.12 Å². The SMILES string of the molecule is CC.OB(O)c1ccc(F)c(O)c1Cl. The molecule has 3 nitrogen and oxygen atoms in total. The first kappa shape index (κ1) is 13.2. The fourth-order valence-electron chi connectivity index (χ4n) is 0.756. The Kier molecular flexibility index (Phi) is 5.53. The summed E-state index contributed by atoms with van der Waals surface area (Å²) in [7, 11) is -1.82. The van der Waals surface area contributed by atoms with Crippen LogP contribution in [0.1, 0.15) is 13.8 Å². The van der Waals surface area contributed by atoms with Crippen LogP contribution in [0.3, 0.4) is 0 Å². The Hall–Kier alpha value is -0.775. The quantitative estimate of drug-likeness (QED) is 0.616. The maximum Gasteiger partial charge on any atom is 0.490 e. The highest BCUT2D eigenvalue weighted by Crippen LogP contribution is 2.23. The summed E-state index contributed by atoms with van der Waals surface area (Å²) < 4.78 is 12.5. The third-order valence-electron chi connectivity index (χ3n) is 1.37. The van der Waals surface area contributed by atoms with Gasteiger partial charge < -0.3 is 15.2 Å². The summed E-state index contributed by atoms with van der Waals surface area (Å²) in [5, 5.41) is 25.8. The van der Waals surface area contributed by atoms with Crippen LogP contribution in [0, 0.1) is 5.82 Å². The van der Waals surface area contributed by atoms with E-state index >= 15 is 0 Å². The van der Waals surface area contributed by atoms with Crippen molar-refractivity contribution in [1.82, 2.24) is 0 Å². The average Bonchev–Trinajstić information content (AvgIpc) is 2.17. The van der Waals surface area contributed by atoms with Gasteiger partial charge in [-0.1, -0.05) is 31.5 Å². The van der Waals surface area contributed by atoms with E-state index in [9.17, 15) is 4.39 Å². The summed E-state index contributed by atoms with van der Waals surface area (Å²) in [5.74, 6) is -1.67. The Balaban J connectivity index is 0.000000791. The molecule has 78 valence electrons. The molecule has 0 saturated heterocycles. The molecule has 0 radical (unpaired) electrons. The van der Waals surface area contributed by atoms with E-state index in [0.717, 1.165) is 12.1 Å². The first-order chi connectivity index (χ1) is 6.54. The second kappa shape index (κ2) is 5.85. The van der Waals surface area contributed by atoms with Crippen LogP contribution in [0.4, 0.5) is 4.39 Å². The monoisotopic (exact) mass is 220 g/mol. The molecular formula is C8H11BClFO3. The van der Waals surface area contributed by atoms with Crippen LogP contribution < -0.4 is 5.46 Å². The zero-order valence-electron chi connectivity index (χ0n) is 7.83. The molecular weight excluding hydrogens is 209 g/mol. The molecule has 0 amide bonds. The molecule has 0 heterocycles. The summed E-state index contributed by atoms with van der Waals surface area (Å²) >= 11 is 5.38. The molecule has 14 heavy (non-hydrogen) atoms. The molecule has 0 bridgehead atoms.